The van der Waals surface area contributed by atoms with E-state index in [0.717, 1.165) is 36.9 Å². The van der Waals surface area contributed by atoms with E-state index in [0.29, 0.717) is 13.0 Å². The van der Waals surface area contributed by atoms with E-state index in [9.17, 15) is 18.0 Å². The van der Waals surface area contributed by atoms with Gasteiger partial charge in [0.25, 0.3) is 0 Å². The number of carbonyl (C=O) groups excluding carboxylic acids is 2. The number of benzene rings is 1. The third kappa shape index (κ3) is 4.09. The van der Waals surface area contributed by atoms with Gasteiger partial charge in [0.2, 0.25) is 11.8 Å². The van der Waals surface area contributed by atoms with Crippen LogP contribution in [0.15, 0.2) is 23.1 Å². The zero-order valence-corrected chi connectivity index (χ0v) is 17.8. The minimum atomic E-state index is -3.61. The number of hydrogen-bond acceptors (Lipinski definition) is 4. The number of carbonyl (C=O) groups is 2. The average molecular weight is 407 g/mol. The lowest BCUT2D eigenvalue weighted by atomic mass is 9.94. The quantitative estimate of drug-likeness (QED) is 0.753. The summed E-state index contributed by atoms with van der Waals surface area (Å²) < 4.78 is 26.1. The summed E-state index contributed by atoms with van der Waals surface area (Å²) >= 11 is 0. The molecule has 0 radical (unpaired) electrons. The first-order valence-corrected chi connectivity index (χ1v) is 11.7. The van der Waals surface area contributed by atoms with E-state index >= 15 is 0 Å². The van der Waals surface area contributed by atoms with Crippen molar-refractivity contribution in [3.63, 3.8) is 0 Å². The Bertz CT molecular complexity index is 859. The van der Waals surface area contributed by atoms with E-state index in [2.05, 4.69) is 0 Å². The van der Waals surface area contributed by atoms with Gasteiger partial charge in [-0.1, -0.05) is 19.3 Å². The summed E-state index contributed by atoms with van der Waals surface area (Å²) in [5, 5.41) is -0.783. The first kappa shape index (κ1) is 20.8. The van der Waals surface area contributed by atoms with Crippen molar-refractivity contribution in [2.45, 2.75) is 75.0 Å². The maximum absolute atomic E-state index is 13.0. The van der Waals surface area contributed by atoms with E-state index < -0.39 is 15.1 Å². The van der Waals surface area contributed by atoms with Crippen LogP contribution in [0, 0.1) is 0 Å². The molecule has 1 heterocycles. The molecule has 6 nitrogen and oxygen atoms in total. The molecule has 0 N–H and O–H groups in total. The van der Waals surface area contributed by atoms with Gasteiger partial charge in [-0.2, -0.15) is 0 Å². The molecule has 1 unspecified atom stereocenters. The molecule has 2 aliphatic rings. The molecule has 154 valence electrons. The Morgan fingerprint density at radius 3 is 2.54 bits per heavy atom. The molecule has 1 atom stereocenters. The van der Waals surface area contributed by atoms with Crippen LogP contribution in [0.1, 0.15) is 57.9 Å². The highest BCUT2D eigenvalue weighted by molar-refractivity contribution is 7.92. The molecule has 2 amide bonds. The van der Waals surface area contributed by atoms with Crippen molar-refractivity contribution >= 4 is 27.3 Å². The van der Waals surface area contributed by atoms with Gasteiger partial charge < -0.3 is 9.80 Å². The largest absolute Gasteiger partial charge is 0.343 e. The Balaban J connectivity index is 1.72. The highest BCUT2D eigenvalue weighted by atomic mass is 32.2. The number of anilines is 1. The predicted molar refractivity (Wildman–Crippen MR) is 109 cm³/mol. The van der Waals surface area contributed by atoms with Crippen LogP contribution >= 0.6 is 0 Å². The van der Waals surface area contributed by atoms with Gasteiger partial charge in [-0.05, 0) is 49.9 Å². The smallest absolute Gasteiger partial charge is 0.223 e. The summed E-state index contributed by atoms with van der Waals surface area (Å²) in [7, 11) is -1.81. The second-order valence-corrected chi connectivity index (χ2v) is 10.4. The van der Waals surface area contributed by atoms with Gasteiger partial charge in [-0.25, -0.2) is 8.42 Å². The molecule has 7 heteroatoms. The lowest BCUT2D eigenvalue weighted by Gasteiger charge is -2.32. The minimum Gasteiger partial charge on any atom is -0.343 e. The fraction of sp³-hybridized carbons (Fsp3) is 0.619. The highest BCUT2D eigenvalue weighted by Gasteiger charge is 2.31. The molecule has 1 saturated carbocycles. The number of hydrogen-bond donors (Lipinski definition) is 0. The van der Waals surface area contributed by atoms with Gasteiger partial charge in [0.15, 0.2) is 9.84 Å². The summed E-state index contributed by atoms with van der Waals surface area (Å²) in [6.07, 6.45) is 6.11. The molecular formula is C21H30N2O4S. The van der Waals surface area contributed by atoms with E-state index in [1.165, 1.54) is 13.3 Å². The van der Waals surface area contributed by atoms with Crippen molar-refractivity contribution < 1.29 is 18.0 Å². The first-order valence-electron chi connectivity index (χ1n) is 10.1. The fourth-order valence-electron chi connectivity index (χ4n) is 4.29. The van der Waals surface area contributed by atoms with Gasteiger partial charge in [-0.3, -0.25) is 9.59 Å². The average Bonchev–Trinajstić information content (AvgIpc) is 3.11. The maximum atomic E-state index is 13.0. The van der Waals surface area contributed by atoms with Gasteiger partial charge in [0, 0.05) is 38.7 Å². The molecule has 0 saturated heterocycles. The van der Waals surface area contributed by atoms with Crippen molar-refractivity contribution in [3.8, 4) is 0 Å². The molecule has 1 fully saturated rings. The number of rotatable bonds is 5. The van der Waals surface area contributed by atoms with E-state index in [-0.39, 0.29) is 29.2 Å². The maximum Gasteiger partial charge on any atom is 0.223 e. The Hall–Kier alpha value is -1.89. The van der Waals surface area contributed by atoms with E-state index in [1.54, 1.807) is 42.0 Å². The molecule has 1 aliphatic carbocycles. The zero-order chi connectivity index (χ0) is 20.5. The summed E-state index contributed by atoms with van der Waals surface area (Å²) in [5.74, 6) is -0.147. The van der Waals surface area contributed by atoms with Crippen molar-refractivity contribution in [2.75, 3.05) is 18.5 Å². The lowest BCUT2D eigenvalue weighted by molar-refractivity contribution is -0.132. The number of fused-ring (bicyclic) bond motifs is 1. The molecule has 0 spiro atoms. The molecule has 1 aromatic rings. The SMILES string of the molecule is CC(=O)N1CCc2cc(S(=O)(=O)C(C)CC(=O)N(C)C3CCCCC3)ccc21. The van der Waals surface area contributed by atoms with Gasteiger partial charge in [0.1, 0.15) is 0 Å². The first-order chi connectivity index (χ1) is 13.2. The molecule has 28 heavy (non-hydrogen) atoms. The fourth-order valence-corrected chi connectivity index (χ4v) is 5.68. The van der Waals surface area contributed by atoms with Crippen LogP contribution in [-0.4, -0.2) is 50.0 Å². The van der Waals surface area contributed by atoms with Gasteiger partial charge in [-0.15, -0.1) is 0 Å². The van der Waals surface area contributed by atoms with E-state index in [1.807, 2.05) is 0 Å². The summed E-state index contributed by atoms with van der Waals surface area (Å²) in [5.41, 5.74) is 1.65. The summed E-state index contributed by atoms with van der Waals surface area (Å²) in [6.45, 7) is 3.70. The second kappa shape index (κ2) is 8.23. The zero-order valence-electron chi connectivity index (χ0n) is 17.0. The lowest BCUT2D eigenvalue weighted by Crippen LogP contribution is -2.40. The van der Waals surface area contributed by atoms with Crippen LogP contribution in [-0.2, 0) is 25.8 Å². The van der Waals surface area contributed by atoms with Gasteiger partial charge in [0.05, 0.1) is 10.1 Å². The molecule has 0 bridgehead atoms. The van der Waals surface area contributed by atoms with Crippen molar-refractivity contribution in [3.05, 3.63) is 23.8 Å². The van der Waals surface area contributed by atoms with Crippen LogP contribution in [0.4, 0.5) is 5.69 Å². The summed E-state index contributed by atoms with van der Waals surface area (Å²) in [4.78, 5) is 28.0. The molecular weight excluding hydrogens is 376 g/mol. The number of nitrogens with zero attached hydrogens (tertiary/aromatic N) is 2. The Morgan fingerprint density at radius 1 is 1.21 bits per heavy atom. The summed E-state index contributed by atoms with van der Waals surface area (Å²) in [6, 6.07) is 5.16. The van der Waals surface area contributed by atoms with Gasteiger partial charge >= 0.3 is 0 Å². The highest BCUT2D eigenvalue weighted by Crippen LogP contribution is 2.32. The Kier molecular flexibility index (Phi) is 6.12. The van der Waals surface area contributed by atoms with Crippen LogP contribution in [0.2, 0.25) is 0 Å². The number of amides is 2. The van der Waals surface area contributed by atoms with Crippen molar-refractivity contribution in [1.29, 1.82) is 0 Å². The topological polar surface area (TPSA) is 74.8 Å². The molecule has 1 aliphatic heterocycles. The second-order valence-electron chi connectivity index (χ2n) is 8.07. The van der Waals surface area contributed by atoms with Crippen LogP contribution in [0.5, 0.6) is 0 Å². The van der Waals surface area contributed by atoms with Crippen LogP contribution in [0.3, 0.4) is 0 Å². The standard InChI is InChI=1S/C21H30N2O4S/c1-15(13-21(25)22(3)18-7-5-4-6-8-18)28(26,27)19-9-10-20-17(14-19)11-12-23(20)16(2)24/h9-10,14-15,18H,4-8,11-13H2,1-3H3. The third-order valence-electron chi connectivity index (χ3n) is 6.16. The minimum absolute atomic E-state index is 0.00795. The van der Waals surface area contributed by atoms with Crippen LogP contribution < -0.4 is 4.90 Å². The Labute approximate surface area is 167 Å². The van der Waals surface area contributed by atoms with Crippen LogP contribution in [0.25, 0.3) is 0 Å². The van der Waals surface area contributed by atoms with Crippen molar-refractivity contribution in [2.24, 2.45) is 0 Å². The van der Waals surface area contributed by atoms with E-state index in [4.69, 9.17) is 0 Å². The molecule has 3 rings (SSSR count). The predicted octanol–water partition coefficient (Wildman–Crippen LogP) is 2.94. The van der Waals surface area contributed by atoms with Crippen molar-refractivity contribution in [1.82, 2.24) is 4.90 Å². The number of sulfone groups is 1. The normalized spacial score (nSPS) is 18.6. The molecule has 1 aromatic carbocycles. The third-order valence-corrected chi connectivity index (χ3v) is 8.30. The Morgan fingerprint density at radius 2 is 1.89 bits per heavy atom. The molecule has 0 aromatic heterocycles. The monoisotopic (exact) mass is 406 g/mol.